The average Bonchev–Trinajstić information content (AvgIpc) is 3.30. The number of ether oxygens (including phenoxy) is 3. The van der Waals surface area contributed by atoms with Crippen LogP contribution in [0.25, 0.3) is 0 Å². The predicted octanol–water partition coefficient (Wildman–Crippen LogP) is 18.4. The number of hydrogen-bond donors (Lipinski definition) is 0. The number of esters is 3. The van der Waals surface area contributed by atoms with E-state index in [0.717, 1.165) is 96.3 Å². The lowest BCUT2D eigenvalue weighted by molar-refractivity contribution is -0.167. The molecule has 1 unspecified atom stereocenters. The van der Waals surface area contributed by atoms with Gasteiger partial charge in [0, 0.05) is 19.3 Å². The summed E-state index contributed by atoms with van der Waals surface area (Å²) < 4.78 is 16.8. The van der Waals surface area contributed by atoms with Crippen LogP contribution < -0.4 is 0 Å². The lowest BCUT2D eigenvalue weighted by Gasteiger charge is -2.18. The molecule has 0 bridgehead atoms. The second kappa shape index (κ2) is 53.7. The van der Waals surface area contributed by atoms with Crippen LogP contribution in [0.2, 0.25) is 0 Å². The Bertz CT molecular complexity index is 1180. The quantitative estimate of drug-likeness (QED) is 0.0262. The van der Waals surface area contributed by atoms with Crippen molar-refractivity contribution in [2.45, 2.75) is 284 Å². The summed E-state index contributed by atoms with van der Waals surface area (Å²) in [5.41, 5.74) is 0. The van der Waals surface area contributed by atoms with Gasteiger partial charge < -0.3 is 14.2 Å². The molecule has 1 atom stereocenters. The van der Waals surface area contributed by atoms with E-state index < -0.39 is 6.10 Å². The average molecular weight is 909 g/mol. The first-order chi connectivity index (χ1) is 32.0. The molecule has 0 aliphatic rings. The fourth-order valence-corrected chi connectivity index (χ4v) is 7.73. The van der Waals surface area contributed by atoms with Crippen LogP contribution in [0.5, 0.6) is 0 Å². The van der Waals surface area contributed by atoms with E-state index in [9.17, 15) is 14.4 Å². The van der Waals surface area contributed by atoms with Crippen LogP contribution in [0.4, 0.5) is 0 Å². The Kier molecular flexibility index (Phi) is 51.3. The van der Waals surface area contributed by atoms with Crippen LogP contribution in [-0.2, 0) is 28.6 Å². The first-order valence-corrected chi connectivity index (χ1v) is 27.8. The SMILES string of the molecule is CCCCC/C=C\CCCCCCCC(=O)OCC(COC(=O)CCCCCCCCCC/C=C\C/C=C\C/C=C\CCCCCCC)OC(=O)CCCCCCC/C=C\CCCCC. The van der Waals surface area contributed by atoms with Gasteiger partial charge in [-0.05, 0) is 109 Å². The third-order valence-electron chi connectivity index (χ3n) is 12.0. The van der Waals surface area contributed by atoms with Crippen LogP contribution in [0.3, 0.4) is 0 Å². The van der Waals surface area contributed by atoms with E-state index in [1.54, 1.807) is 0 Å². The van der Waals surface area contributed by atoms with Gasteiger partial charge in [0.2, 0.25) is 0 Å². The summed E-state index contributed by atoms with van der Waals surface area (Å²) in [7, 11) is 0. The van der Waals surface area contributed by atoms with Crippen LogP contribution in [-0.4, -0.2) is 37.2 Å². The first kappa shape index (κ1) is 62.1. The van der Waals surface area contributed by atoms with Gasteiger partial charge in [0.05, 0.1) is 0 Å². The summed E-state index contributed by atoms with van der Waals surface area (Å²) in [5, 5.41) is 0. The van der Waals surface area contributed by atoms with E-state index in [4.69, 9.17) is 14.2 Å². The number of allylic oxidation sites excluding steroid dienone is 10. The molecule has 0 heterocycles. The Labute approximate surface area is 402 Å². The Balaban J connectivity index is 4.30. The molecule has 0 aliphatic heterocycles. The molecule has 6 heteroatoms. The van der Waals surface area contributed by atoms with Gasteiger partial charge in [-0.15, -0.1) is 0 Å². The van der Waals surface area contributed by atoms with Crippen molar-refractivity contribution in [3.8, 4) is 0 Å². The maximum Gasteiger partial charge on any atom is 0.306 e. The van der Waals surface area contributed by atoms with Gasteiger partial charge in [0.1, 0.15) is 13.2 Å². The third kappa shape index (κ3) is 51.9. The third-order valence-corrected chi connectivity index (χ3v) is 12.0. The van der Waals surface area contributed by atoms with Crippen molar-refractivity contribution in [2.24, 2.45) is 0 Å². The summed E-state index contributed by atoms with van der Waals surface area (Å²) >= 11 is 0. The molecular formula is C59H104O6. The molecular weight excluding hydrogens is 805 g/mol. The topological polar surface area (TPSA) is 78.9 Å². The Hall–Kier alpha value is -2.89. The van der Waals surface area contributed by atoms with Crippen molar-refractivity contribution in [2.75, 3.05) is 13.2 Å². The summed E-state index contributed by atoms with van der Waals surface area (Å²) in [6, 6.07) is 0. The summed E-state index contributed by atoms with van der Waals surface area (Å²) in [6.07, 6.45) is 66.4. The fourth-order valence-electron chi connectivity index (χ4n) is 7.73. The molecule has 0 spiro atoms. The predicted molar refractivity (Wildman–Crippen MR) is 279 cm³/mol. The van der Waals surface area contributed by atoms with E-state index in [0.29, 0.717) is 19.3 Å². The van der Waals surface area contributed by atoms with E-state index >= 15 is 0 Å². The summed E-state index contributed by atoms with van der Waals surface area (Å²) in [6.45, 7) is 6.57. The number of rotatable bonds is 50. The minimum absolute atomic E-state index is 0.0836. The van der Waals surface area contributed by atoms with Gasteiger partial charge in [-0.3, -0.25) is 14.4 Å². The molecule has 0 aromatic rings. The normalized spacial score (nSPS) is 12.5. The maximum atomic E-state index is 12.8. The first-order valence-electron chi connectivity index (χ1n) is 27.8. The Morgan fingerprint density at radius 2 is 0.554 bits per heavy atom. The van der Waals surface area contributed by atoms with E-state index in [2.05, 4.69) is 81.5 Å². The monoisotopic (exact) mass is 909 g/mol. The Morgan fingerprint density at radius 3 is 0.908 bits per heavy atom. The van der Waals surface area contributed by atoms with Gasteiger partial charge in [-0.2, -0.15) is 0 Å². The van der Waals surface area contributed by atoms with E-state index in [1.807, 2.05) is 0 Å². The molecule has 0 rings (SSSR count). The van der Waals surface area contributed by atoms with Gasteiger partial charge >= 0.3 is 17.9 Å². The maximum absolute atomic E-state index is 12.8. The minimum atomic E-state index is -0.783. The molecule has 65 heavy (non-hydrogen) atoms. The second-order valence-electron chi connectivity index (χ2n) is 18.5. The number of carbonyl (C=O) groups is 3. The highest BCUT2D eigenvalue weighted by atomic mass is 16.6. The molecule has 0 saturated heterocycles. The van der Waals surface area contributed by atoms with Crippen molar-refractivity contribution in [1.82, 2.24) is 0 Å². The van der Waals surface area contributed by atoms with Crippen LogP contribution >= 0.6 is 0 Å². The van der Waals surface area contributed by atoms with Gasteiger partial charge in [0.25, 0.3) is 0 Å². The molecule has 376 valence electrons. The molecule has 0 saturated carbocycles. The van der Waals surface area contributed by atoms with Crippen LogP contribution in [0.15, 0.2) is 60.8 Å². The van der Waals surface area contributed by atoms with Crippen molar-refractivity contribution >= 4 is 17.9 Å². The van der Waals surface area contributed by atoms with Gasteiger partial charge in [-0.25, -0.2) is 0 Å². The standard InChI is InChI=1S/C59H104O6/c1-4-7-10-13-16-19-22-25-26-27-28-29-30-31-32-33-34-35-38-40-43-46-49-52-58(61)64-55-56(65-59(62)53-50-47-44-41-37-24-21-18-15-12-9-6-3)54-63-57(60)51-48-45-42-39-36-23-20-17-14-11-8-5-2/h17-18,20-22,25,27-28,30-31,56H,4-16,19,23-24,26,29,32-55H2,1-3H3/b20-17-,21-18-,25-22-,28-27-,31-30-. The summed E-state index contributed by atoms with van der Waals surface area (Å²) in [4.78, 5) is 38.0. The Morgan fingerprint density at radius 1 is 0.308 bits per heavy atom. The zero-order chi connectivity index (χ0) is 47.2. The highest BCUT2D eigenvalue weighted by Crippen LogP contribution is 2.14. The van der Waals surface area contributed by atoms with Crippen molar-refractivity contribution in [1.29, 1.82) is 0 Å². The van der Waals surface area contributed by atoms with Crippen molar-refractivity contribution < 1.29 is 28.6 Å². The van der Waals surface area contributed by atoms with E-state index in [1.165, 1.54) is 141 Å². The number of hydrogen-bond acceptors (Lipinski definition) is 6. The number of unbranched alkanes of at least 4 members (excludes halogenated alkanes) is 29. The lowest BCUT2D eigenvalue weighted by atomic mass is 10.1. The highest BCUT2D eigenvalue weighted by molar-refractivity contribution is 5.71. The highest BCUT2D eigenvalue weighted by Gasteiger charge is 2.19. The number of carbonyl (C=O) groups excluding carboxylic acids is 3. The van der Waals surface area contributed by atoms with Crippen molar-refractivity contribution in [3.05, 3.63) is 60.8 Å². The van der Waals surface area contributed by atoms with Gasteiger partial charge in [-0.1, -0.05) is 210 Å². The molecule has 0 aromatic carbocycles. The van der Waals surface area contributed by atoms with E-state index in [-0.39, 0.29) is 31.1 Å². The summed E-state index contributed by atoms with van der Waals surface area (Å²) in [5.74, 6) is -0.903. The smallest absolute Gasteiger partial charge is 0.306 e. The zero-order valence-corrected chi connectivity index (χ0v) is 43.0. The largest absolute Gasteiger partial charge is 0.462 e. The zero-order valence-electron chi connectivity index (χ0n) is 43.0. The van der Waals surface area contributed by atoms with Crippen LogP contribution in [0, 0.1) is 0 Å². The fraction of sp³-hybridized carbons (Fsp3) is 0.780. The van der Waals surface area contributed by atoms with Crippen LogP contribution in [0.1, 0.15) is 278 Å². The van der Waals surface area contributed by atoms with Gasteiger partial charge in [0.15, 0.2) is 6.10 Å². The lowest BCUT2D eigenvalue weighted by Crippen LogP contribution is -2.30. The molecule has 0 aromatic heterocycles. The molecule has 0 radical (unpaired) electrons. The minimum Gasteiger partial charge on any atom is -0.462 e. The molecule has 6 nitrogen and oxygen atoms in total. The molecule has 0 aliphatic carbocycles. The molecule has 0 fully saturated rings. The van der Waals surface area contributed by atoms with Crippen molar-refractivity contribution in [3.63, 3.8) is 0 Å². The molecule has 0 N–H and O–H groups in total. The second-order valence-corrected chi connectivity index (χ2v) is 18.5. The molecule has 0 amide bonds.